The third-order valence-corrected chi connectivity index (χ3v) is 5.07. The molecule has 0 N–H and O–H groups in total. The van der Waals surface area contributed by atoms with E-state index in [1.54, 1.807) is 30.3 Å². The van der Waals surface area contributed by atoms with Crippen LogP contribution in [-0.4, -0.2) is 27.0 Å². The minimum absolute atomic E-state index is 0.0254. The summed E-state index contributed by atoms with van der Waals surface area (Å²) in [5.74, 6) is 0.597. The number of hydrogen-bond acceptors (Lipinski definition) is 5. The summed E-state index contributed by atoms with van der Waals surface area (Å²) in [5.41, 5.74) is 0.277. The zero-order valence-corrected chi connectivity index (χ0v) is 13.8. The molecule has 126 valence electrons. The van der Waals surface area contributed by atoms with Crippen molar-refractivity contribution in [3.8, 4) is 5.75 Å². The van der Waals surface area contributed by atoms with Crippen molar-refractivity contribution in [3.05, 3.63) is 71.3 Å². The highest BCUT2D eigenvalue weighted by molar-refractivity contribution is 7.92. The largest absolute Gasteiger partial charge is 0.490 e. The SMILES string of the molecule is C=CCOc1ccc(N(C)S(=O)(=O)c2ccc([N+](=O)[O-])cc2)cc1. The molecule has 0 radical (unpaired) electrons. The summed E-state index contributed by atoms with van der Waals surface area (Å²) in [6, 6.07) is 11.3. The zero-order chi connectivity index (χ0) is 17.7. The van der Waals surface area contributed by atoms with Crippen LogP contribution in [0.25, 0.3) is 0 Å². The Kier molecular flexibility index (Phi) is 5.20. The second kappa shape index (κ2) is 7.14. The number of benzene rings is 2. The maximum Gasteiger partial charge on any atom is 0.269 e. The van der Waals surface area contributed by atoms with Crippen molar-refractivity contribution in [1.82, 2.24) is 0 Å². The second-order valence-electron chi connectivity index (χ2n) is 4.82. The van der Waals surface area contributed by atoms with Gasteiger partial charge in [-0.15, -0.1) is 0 Å². The molecule has 0 aromatic heterocycles. The van der Waals surface area contributed by atoms with E-state index in [0.717, 1.165) is 16.4 Å². The van der Waals surface area contributed by atoms with E-state index >= 15 is 0 Å². The van der Waals surface area contributed by atoms with Gasteiger partial charge >= 0.3 is 0 Å². The molecule has 0 bridgehead atoms. The molecule has 2 aromatic carbocycles. The minimum atomic E-state index is -3.81. The van der Waals surface area contributed by atoms with Gasteiger partial charge in [0.15, 0.2) is 0 Å². The molecule has 8 heteroatoms. The summed E-state index contributed by atoms with van der Waals surface area (Å²) in [4.78, 5) is 10.0. The first-order chi connectivity index (χ1) is 11.4. The summed E-state index contributed by atoms with van der Waals surface area (Å²) < 4.78 is 31.6. The fourth-order valence-corrected chi connectivity index (χ4v) is 3.14. The van der Waals surface area contributed by atoms with Crippen LogP contribution in [0.2, 0.25) is 0 Å². The summed E-state index contributed by atoms with van der Waals surface area (Å²) in [6.45, 7) is 3.91. The first kappa shape index (κ1) is 17.5. The molecule has 0 heterocycles. The van der Waals surface area contributed by atoms with E-state index in [4.69, 9.17) is 4.74 Å². The molecule has 0 unspecified atom stereocenters. The predicted molar refractivity (Wildman–Crippen MR) is 90.8 cm³/mol. The number of rotatable bonds is 7. The highest BCUT2D eigenvalue weighted by Gasteiger charge is 2.22. The number of ether oxygens (including phenoxy) is 1. The fourth-order valence-electron chi connectivity index (χ4n) is 1.94. The number of non-ortho nitro benzene ring substituents is 1. The number of anilines is 1. The number of nitro groups is 1. The van der Waals surface area contributed by atoms with Crippen LogP contribution in [0.3, 0.4) is 0 Å². The van der Waals surface area contributed by atoms with E-state index in [9.17, 15) is 18.5 Å². The van der Waals surface area contributed by atoms with Gasteiger partial charge in [-0.2, -0.15) is 0 Å². The van der Waals surface area contributed by atoms with Crippen LogP contribution < -0.4 is 9.04 Å². The number of hydrogen-bond donors (Lipinski definition) is 0. The van der Waals surface area contributed by atoms with E-state index < -0.39 is 14.9 Å². The van der Waals surface area contributed by atoms with Crippen molar-refractivity contribution < 1.29 is 18.1 Å². The molecule has 2 aromatic rings. The topological polar surface area (TPSA) is 89.8 Å². The Labute approximate surface area is 140 Å². The van der Waals surface area contributed by atoms with Crippen molar-refractivity contribution in [2.45, 2.75) is 4.90 Å². The highest BCUT2D eigenvalue weighted by atomic mass is 32.2. The molecular weight excluding hydrogens is 332 g/mol. The Morgan fingerprint density at radius 3 is 2.25 bits per heavy atom. The standard InChI is InChI=1S/C16H16N2O5S/c1-3-12-23-15-8-4-13(5-9-15)17(2)24(21,22)16-10-6-14(7-11-16)18(19)20/h3-11H,1,12H2,2H3. The predicted octanol–water partition coefficient (Wildman–Crippen LogP) is 2.98. The Hall–Kier alpha value is -2.87. The molecule has 2 rings (SSSR count). The van der Waals surface area contributed by atoms with Gasteiger partial charge in [0, 0.05) is 19.2 Å². The van der Waals surface area contributed by atoms with E-state index in [1.165, 1.54) is 19.2 Å². The van der Waals surface area contributed by atoms with Gasteiger partial charge in [-0.3, -0.25) is 14.4 Å². The van der Waals surface area contributed by atoms with E-state index in [2.05, 4.69) is 6.58 Å². The van der Waals surface area contributed by atoms with Crippen molar-refractivity contribution in [2.75, 3.05) is 18.0 Å². The lowest BCUT2D eigenvalue weighted by atomic mass is 10.3. The van der Waals surface area contributed by atoms with E-state index in [1.807, 2.05) is 0 Å². The van der Waals surface area contributed by atoms with Crippen molar-refractivity contribution >= 4 is 21.4 Å². The molecule has 0 saturated heterocycles. The Balaban J connectivity index is 2.24. The molecule has 7 nitrogen and oxygen atoms in total. The Morgan fingerprint density at radius 2 is 1.75 bits per heavy atom. The third kappa shape index (κ3) is 3.72. The minimum Gasteiger partial charge on any atom is -0.490 e. The monoisotopic (exact) mass is 348 g/mol. The lowest BCUT2D eigenvalue weighted by Gasteiger charge is -2.19. The summed E-state index contributed by atoms with van der Waals surface area (Å²) in [7, 11) is -2.40. The van der Waals surface area contributed by atoms with Crippen molar-refractivity contribution in [2.24, 2.45) is 0 Å². The lowest BCUT2D eigenvalue weighted by Crippen LogP contribution is -2.26. The highest BCUT2D eigenvalue weighted by Crippen LogP contribution is 2.25. The summed E-state index contributed by atoms with van der Waals surface area (Å²) >= 11 is 0. The number of nitrogens with zero attached hydrogens (tertiary/aromatic N) is 2. The first-order valence-electron chi connectivity index (χ1n) is 6.93. The van der Waals surface area contributed by atoms with Crippen LogP contribution in [0, 0.1) is 10.1 Å². The Bertz CT molecular complexity index is 830. The normalized spacial score (nSPS) is 10.9. The molecule has 24 heavy (non-hydrogen) atoms. The maximum absolute atomic E-state index is 12.6. The molecule has 0 aliphatic rings. The van der Waals surface area contributed by atoms with E-state index in [0.29, 0.717) is 18.0 Å². The van der Waals surface area contributed by atoms with Crippen LogP contribution in [0.5, 0.6) is 5.75 Å². The van der Waals surface area contributed by atoms with Crippen molar-refractivity contribution in [1.29, 1.82) is 0 Å². The van der Waals surface area contributed by atoms with Crippen LogP contribution >= 0.6 is 0 Å². The number of nitro benzene ring substituents is 1. The molecule has 0 saturated carbocycles. The maximum atomic E-state index is 12.6. The molecule has 0 atom stereocenters. The average molecular weight is 348 g/mol. The lowest BCUT2D eigenvalue weighted by molar-refractivity contribution is -0.384. The second-order valence-corrected chi connectivity index (χ2v) is 6.79. The van der Waals surface area contributed by atoms with Gasteiger partial charge in [0.05, 0.1) is 15.5 Å². The van der Waals surface area contributed by atoms with Crippen LogP contribution in [-0.2, 0) is 10.0 Å². The van der Waals surface area contributed by atoms with Gasteiger partial charge in [-0.05, 0) is 36.4 Å². The van der Waals surface area contributed by atoms with Gasteiger partial charge in [0.2, 0.25) is 0 Å². The van der Waals surface area contributed by atoms with Gasteiger partial charge in [0.1, 0.15) is 12.4 Å². The Morgan fingerprint density at radius 1 is 1.17 bits per heavy atom. The van der Waals surface area contributed by atoms with Crippen LogP contribution in [0.1, 0.15) is 0 Å². The van der Waals surface area contributed by atoms with Gasteiger partial charge in [-0.1, -0.05) is 12.7 Å². The fraction of sp³-hybridized carbons (Fsp3) is 0.125. The molecule has 0 fully saturated rings. The quantitative estimate of drug-likeness (QED) is 0.436. The molecular formula is C16H16N2O5S. The van der Waals surface area contributed by atoms with Gasteiger partial charge < -0.3 is 4.74 Å². The summed E-state index contributed by atoms with van der Waals surface area (Å²) in [5, 5.41) is 10.7. The first-order valence-corrected chi connectivity index (χ1v) is 8.37. The van der Waals surface area contributed by atoms with Crippen molar-refractivity contribution in [3.63, 3.8) is 0 Å². The smallest absolute Gasteiger partial charge is 0.269 e. The molecule has 0 aliphatic carbocycles. The molecule has 0 amide bonds. The van der Waals surface area contributed by atoms with E-state index in [-0.39, 0.29) is 10.6 Å². The number of sulfonamides is 1. The molecule has 0 aliphatic heterocycles. The van der Waals surface area contributed by atoms with Crippen LogP contribution in [0.4, 0.5) is 11.4 Å². The average Bonchev–Trinajstić information content (AvgIpc) is 2.59. The van der Waals surface area contributed by atoms with Gasteiger partial charge in [-0.25, -0.2) is 8.42 Å². The van der Waals surface area contributed by atoms with Gasteiger partial charge in [0.25, 0.3) is 15.7 Å². The van der Waals surface area contributed by atoms with Crippen LogP contribution in [0.15, 0.2) is 66.1 Å². The third-order valence-electron chi connectivity index (χ3n) is 3.27. The molecule has 0 spiro atoms. The zero-order valence-electron chi connectivity index (χ0n) is 13.0. The summed E-state index contributed by atoms with van der Waals surface area (Å²) in [6.07, 6.45) is 1.61.